The molecule has 2 atom stereocenters. The average molecular weight is 530 g/mol. The van der Waals surface area contributed by atoms with Crippen molar-refractivity contribution in [1.82, 2.24) is 10.2 Å². The van der Waals surface area contributed by atoms with Gasteiger partial charge in [-0.1, -0.05) is 65.1 Å². The van der Waals surface area contributed by atoms with Gasteiger partial charge in [-0.3, -0.25) is 9.59 Å². The lowest BCUT2D eigenvalue weighted by molar-refractivity contribution is -0.143. The van der Waals surface area contributed by atoms with Gasteiger partial charge in [-0.15, -0.1) is 0 Å². The van der Waals surface area contributed by atoms with E-state index in [9.17, 15) is 9.59 Å². The van der Waals surface area contributed by atoms with Gasteiger partial charge in [0.1, 0.15) is 11.8 Å². The second-order valence-electron chi connectivity index (χ2n) is 7.25. The third kappa shape index (κ3) is 7.70. The number of nitrogens with one attached hydrogen (secondary N) is 1. The van der Waals surface area contributed by atoms with Crippen molar-refractivity contribution < 1.29 is 14.3 Å². The largest absolute Gasteiger partial charge is 0.482 e. The number of halogens is 3. The van der Waals surface area contributed by atoms with Gasteiger partial charge in [0.25, 0.3) is 5.91 Å². The van der Waals surface area contributed by atoms with E-state index in [4.69, 9.17) is 27.9 Å². The van der Waals surface area contributed by atoms with E-state index < -0.39 is 6.04 Å². The number of amides is 2. The van der Waals surface area contributed by atoms with Crippen LogP contribution in [0, 0.1) is 0 Å². The molecule has 2 aromatic carbocycles. The van der Waals surface area contributed by atoms with Crippen molar-refractivity contribution in [3.05, 3.63) is 62.5 Å². The van der Waals surface area contributed by atoms with Gasteiger partial charge in [0.05, 0.1) is 5.02 Å². The Balaban J connectivity index is 2.22. The normalized spacial score (nSPS) is 12.7. The third-order valence-electron chi connectivity index (χ3n) is 4.90. The lowest BCUT2D eigenvalue weighted by Crippen LogP contribution is -2.51. The summed E-state index contributed by atoms with van der Waals surface area (Å²) in [5.41, 5.74) is 0.870. The van der Waals surface area contributed by atoms with E-state index >= 15 is 0 Å². The molecule has 0 spiro atoms. The molecule has 2 rings (SSSR count). The topological polar surface area (TPSA) is 58.6 Å². The maximum Gasteiger partial charge on any atom is 0.261 e. The summed E-state index contributed by atoms with van der Waals surface area (Å²) >= 11 is 15.5. The summed E-state index contributed by atoms with van der Waals surface area (Å²) in [6.07, 6.45) is 1.28. The molecule has 0 saturated heterocycles. The molecule has 0 fully saturated rings. The molecule has 0 bridgehead atoms. The Bertz CT molecular complexity index is 893. The molecule has 0 aromatic heterocycles. The molecule has 31 heavy (non-hydrogen) atoms. The number of carbonyl (C=O) groups excluding carboxylic acids is 2. The number of hydrogen-bond donors (Lipinski definition) is 1. The van der Waals surface area contributed by atoms with Gasteiger partial charge in [0.2, 0.25) is 5.91 Å². The molecular formula is C23H27BrCl2N2O3. The highest BCUT2D eigenvalue weighted by Crippen LogP contribution is 2.28. The number of rotatable bonds is 10. The molecule has 0 radical (unpaired) electrons. The minimum absolute atomic E-state index is 0.0202. The van der Waals surface area contributed by atoms with E-state index in [2.05, 4.69) is 21.2 Å². The molecule has 0 aliphatic heterocycles. The minimum atomic E-state index is -0.624. The Morgan fingerprint density at radius 2 is 1.77 bits per heavy atom. The Morgan fingerprint density at radius 3 is 2.35 bits per heavy atom. The van der Waals surface area contributed by atoms with Crippen molar-refractivity contribution in [3.63, 3.8) is 0 Å². The van der Waals surface area contributed by atoms with Crippen LogP contribution in [0.3, 0.4) is 0 Å². The van der Waals surface area contributed by atoms with Crippen molar-refractivity contribution in [3.8, 4) is 5.75 Å². The fraction of sp³-hybridized carbons (Fsp3) is 0.391. The minimum Gasteiger partial charge on any atom is -0.482 e. The molecular weight excluding hydrogens is 503 g/mol. The smallest absolute Gasteiger partial charge is 0.261 e. The van der Waals surface area contributed by atoms with Crippen LogP contribution < -0.4 is 10.1 Å². The van der Waals surface area contributed by atoms with Crippen molar-refractivity contribution in [2.24, 2.45) is 0 Å². The molecule has 1 N–H and O–H groups in total. The van der Waals surface area contributed by atoms with E-state index in [0.717, 1.165) is 16.5 Å². The summed E-state index contributed by atoms with van der Waals surface area (Å²) in [5.74, 6) is -0.0808. The van der Waals surface area contributed by atoms with Gasteiger partial charge >= 0.3 is 0 Å². The molecule has 5 nitrogen and oxygen atoms in total. The Morgan fingerprint density at radius 1 is 1.10 bits per heavy atom. The number of ether oxygens (including phenoxy) is 1. The molecule has 0 aliphatic rings. The van der Waals surface area contributed by atoms with Crippen LogP contribution in [-0.4, -0.2) is 35.4 Å². The van der Waals surface area contributed by atoms with Crippen molar-refractivity contribution in [2.45, 2.75) is 52.2 Å². The number of carbonyl (C=O) groups is 2. The summed E-state index contributed by atoms with van der Waals surface area (Å²) in [4.78, 5) is 27.6. The van der Waals surface area contributed by atoms with Crippen LogP contribution in [0.4, 0.5) is 0 Å². The Hall–Kier alpha value is -1.76. The molecule has 2 amide bonds. The monoisotopic (exact) mass is 528 g/mol. The van der Waals surface area contributed by atoms with Crippen LogP contribution in [0.1, 0.15) is 39.2 Å². The van der Waals surface area contributed by atoms with E-state index in [1.807, 2.05) is 32.9 Å². The lowest BCUT2D eigenvalue weighted by Gasteiger charge is -2.31. The highest BCUT2D eigenvalue weighted by atomic mass is 79.9. The molecule has 0 heterocycles. The van der Waals surface area contributed by atoms with Gasteiger partial charge < -0.3 is 15.0 Å². The first-order valence-corrected chi connectivity index (χ1v) is 11.7. The van der Waals surface area contributed by atoms with Crippen molar-refractivity contribution in [2.75, 3.05) is 6.61 Å². The standard InChI is InChI=1S/C23H27BrCl2N2O3/c1-4-15(3)27-23(30)20(5-2)28(13-16-6-9-18(25)10-7-16)22(29)14-31-21-11-8-17(24)12-19(21)26/h6-12,15,20H,4-5,13-14H2,1-3H3,(H,27,30)/t15-,20-/m0/s1. The van der Waals surface area contributed by atoms with Crippen molar-refractivity contribution in [1.29, 1.82) is 0 Å². The van der Waals surface area contributed by atoms with Crippen LogP contribution in [0.2, 0.25) is 10.0 Å². The first-order valence-electron chi connectivity index (χ1n) is 10.2. The van der Waals surface area contributed by atoms with Gasteiger partial charge in [0, 0.05) is 22.1 Å². The highest BCUT2D eigenvalue weighted by Gasteiger charge is 2.29. The fourth-order valence-corrected chi connectivity index (χ4v) is 3.82. The second-order valence-corrected chi connectivity index (χ2v) is 9.01. The van der Waals surface area contributed by atoms with Gasteiger partial charge in [-0.05, 0) is 55.7 Å². The van der Waals surface area contributed by atoms with Gasteiger partial charge in [-0.25, -0.2) is 0 Å². The summed E-state index contributed by atoms with van der Waals surface area (Å²) in [6.45, 7) is 5.85. The van der Waals surface area contributed by atoms with E-state index in [1.165, 1.54) is 0 Å². The molecule has 0 saturated carbocycles. The van der Waals surface area contributed by atoms with E-state index in [0.29, 0.717) is 22.2 Å². The van der Waals surface area contributed by atoms with Crippen LogP contribution in [0.25, 0.3) is 0 Å². The quantitative estimate of drug-likeness (QED) is 0.419. The van der Waals surface area contributed by atoms with E-state index in [1.54, 1.807) is 35.2 Å². The van der Waals surface area contributed by atoms with Crippen molar-refractivity contribution >= 4 is 50.9 Å². The second kappa shape index (κ2) is 12.3. The number of hydrogen-bond acceptors (Lipinski definition) is 3. The van der Waals surface area contributed by atoms with E-state index in [-0.39, 0.29) is 31.0 Å². The molecule has 2 aromatic rings. The molecule has 8 heteroatoms. The third-order valence-corrected chi connectivity index (χ3v) is 5.94. The van der Waals surface area contributed by atoms with Crippen LogP contribution >= 0.6 is 39.1 Å². The lowest BCUT2D eigenvalue weighted by atomic mass is 10.1. The first-order chi connectivity index (χ1) is 14.7. The Kier molecular flexibility index (Phi) is 10.1. The maximum absolute atomic E-state index is 13.2. The van der Waals surface area contributed by atoms with Gasteiger partial charge in [-0.2, -0.15) is 0 Å². The fourth-order valence-electron chi connectivity index (χ4n) is 2.96. The summed E-state index contributed by atoms with van der Waals surface area (Å²) in [7, 11) is 0. The van der Waals surface area contributed by atoms with Crippen LogP contribution in [0.5, 0.6) is 5.75 Å². The zero-order valence-corrected chi connectivity index (χ0v) is 20.9. The maximum atomic E-state index is 13.2. The number of nitrogens with zero attached hydrogens (tertiary/aromatic N) is 1. The predicted octanol–water partition coefficient (Wildman–Crippen LogP) is 5.86. The summed E-state index contributed by atoms with van der Waals surface area (Å²) < 4.78 is 6.48. The van der Waals surface area contributed by atoms with Gasteiger partial charge in [0.15, 0.2) is 6.61 Å². The predicted molar refractivity (Wildman–Crippen MR) is 129 cm³/mol. The zero-order valence-electron chi connectivity index (χ0n) is 17.8. The highest BCUT2D eigenvalue weighted by molar-refractivity contribution is 9.10. The Labute approximate surface area is 202 Å². The SMILES string of the molecule is CC[C@H](C)NC(=O)[C@H](CC)N(Cc1ccc(Cl)cc1)C(=O)COc1ccc(Br)cc1Cl. The van der Waals surface area contributed by atoms with Crippen LogP contribution in [0.15, 0.2) is 46.9 Å². The molecule has 168 valence electrons. The average Bonchev–Trinajstić information content (AvgIpc) is 2.74. The first kappa shape index (κ1) is 25.5. The summed E-state index contributed by atoms with van der Waals surface area (Å²) in [5, 5.41) is 3.98. The summed E-state index contributed by atoms with van der Waals surface area (Å²) in [6, 6.07) is 11.8. The zero-order chi connectivity index (χ0) is 23.0. The number of benzene rings is 2. The molecule has 0 unspecified atom stereocenters. The molecule has 0 aliphatic carbocycles. The van der Waals surface area contributed by atoms with Crippen LogP contribution in [-0.2, 0) is 16.1 Å².